The third-order valence-electron chi connectivity index (χ3n) is 4.68. The van der Waals surface area contributed by atoms with E-state index < -0.39 is 5.82 Å². The van der Waals surface area contributed by atoms with E-state index in [1.807, 2.05) is 6.07 Å². The van der Waals surface area contributed by atoms with Crippen molar-refractivity contribution in [1.82, 2.24) is 15.0 Å². The summed E-state index contributed by atoms with van der Waals surface area (Å²) in [5.74, 6) is -0.643. The van der Waals surface area contributed by atoms with Crippen molar-refractivity contribution in [1.29, 1.82) is 0 Å². The molecule has 0 aliphatic carbocycles. The highest BCUT2D eigenvalue weighted by Gasteiger charge is 2.33. The number of aromatic nitrogens is 3. The second-order valence-electron chi connectivity index (χ2n) is 6.43. The number of carbonyl (C=O) groups is 1. The van der Waals surface area contributed by atoms with E-state index in [2.05, 4.69) is 15.0 Å². The second kappa shape index (κ2) is 7.40. The van der Waals surface area contributed by atoms with Crippen LogP contribution in [0.25, 0.3) is 11.3 Å². The lowest BCUT2D eigenvalue weighted by molar-refractivity contribution is -0.120. The Morgan fingerprint density at radius 3 is 2.67 bits per heavy atom. The van der Waals surface area contributed by atoms with E-state index in [-0.39, 0.29) is 17.5 Å². The van der Waals surface area contributed by atoms with E-state index in [1.165, 1.54) is 6.07 Å². The Morgan fingerprint density at radius 2 is 1.96 bits per heavy atom. The number of amides is 1. The molecule has 0 N–H and O–H groups in total. The maximum Gasteiger partial charge on any atom is 0.230 e. The van der Waals surface area contributed by atoms with Crippen LogP contribution < -0.4 is 4.90 Å². The molecule has 1 aliphatic rings. The van der Waals surface area contributed by atoms with Crippen molar-refractivity contribution >= 4 is 23.2 Å². The molecule has 0 spiro atoms. The number of nitrogens with zero attached hydrogens (tertiary/aromatic N) is 4. The maximum absolute atomic E-state index is 14.6. The van der Waals surface area contributed by atoms with Crippen LogP contribution in [0.5, 0.6) is 0 Å². The third-order valence-corrected chi connectivity index (χ3v) is 4.90. The number of hydrogen-bond donors (Lipinski definition) is 0. The number of halogens is 2. The van der Waals surface area contributed by atoms with Gasteiger partial charge in [0.2, 0.25) is 5.91 Å². The van der Waals surface area contributed by atoms with Crippen LogP contribution in [-0.2, 0) is 11.2 Å². The summed E-state index contributed by atoms with van der Waals surface area (Å²) in [6, 6.07) is 8.35. The number of carbonyl (C=O) groups excluding carboxylic acids is 1. The van der Waals surface area contributed by atoms with E-state index in [1.54, 1.807) is 47.9 Å². The molecule has 4 heterocycles. The van der Waals surface area contributed by atoms with E-state index in [9.17, 15) is 9.18 Å². The Labute approximate surface area is 160 Å². The molecule has 3 aromatic heterocycles. The summed E-state index contributed by atoms with van der Waals surface area (Å²) in [7, 11) is 0. The minimum atomic E-state index is -0.461. The molecule has 7 heteroatoms. The Morgan fingerprint density at radius 1 is 1.15 bits per heavy atom. The molecule has 0 radical (unpaired) electrons. The molecule has 1 amide bonds. The topological polar surface area (TPSA) is 59.0 Å². The average molecular weight is 383 g/mol. The van der Waals surface area contributed by atoms with Gasteiger partial charge in [-0.25, -0.2) is 9.37 Å². The molecule has 1 aliphatic heterocycles. The van der Waals surface area contributed by atoms with Crippen LogP contribution in [0.3, 0.4) is 0 Å². The molecule has 0 aromatic carbocycles. The molecule has 3 aromatic rings. The lowest BCUT2D eigenvalue weighted by Gasteiger charge is -2.17. The van der Waals surface area contributed by atoms with E-state index >= 15 is 0 Å². The van der Waals surface area contributed by atoms with Gasteiger partial charge in [0.1, 0.15) is 10.8 Å². The van der Waals surface area contributed by atoms with Crippen LogP contribution in [0, 0.1) is 11.7 Å². The maximum atomic E-state index is 14.6. The summed E-state index contributed by atoms with van der Waals surface area (Å²) in [6.07, 6.45) is 7.70. The number of hydrogen-bond acceptors (Lipinski definition) is 4. The highest BCUT2D eigenvalue weighted by Crippen LogP contribution is 2.30. The Bertz CT molecular complexity index is 965. The zero-order chi connectivity index (χ0) is 18.8. The van der Waals surface area contributed by atoms with E-state index in [0.717, 1.165) is 5.56 Å². The molecule has 27 heavy (non-hydrogen) atoms. The van der Waals surface area contributed by atoms with Gasteiger partial charge in [-0.1, -0.05) is 17.7 Å². The lowest BCUT2D eigenvalue weighted by Crippen LogP contribution is -2.28. The molecule has 4 rings (SSSR count). The molecule has 0 bridgehead atoms. The summed E-state index contributed by atoms with van der Waals surface area (Å²) in [5.41, 5.74) is 2.33. The van der Waals surface area contributed by atoms with Gasteiger partial charge in [-0.15, -0.1) is 0 Å². The zero-order valence-corrected chi connectivity index (χ0v) is 15.1. The summed E-state index contributed by atoms with van der Waals surface area (Å²) in [4.78, 5) is 26.6. The molecule has 1 atom stereocenters. The second-order valence-corrected chi connectivity index (χ2v) is 6.82. The average Bonchev–Trinajstić information content (AvgIpc) is 3.04. The fourth-order valence-electron chi connectivity index (χ4n) is 3.29. The van der Waals surface area contributed by atoms with Crippen LogP contribution in [-0.4, -0.2) is 27.4 Å². The minimum absolute atomic E-state index is 0.0252. The fraction of sp³-hybridized carbons (Fsp3) is 0.200. The molecule has 5 nitrogen and oxygen atoms in total. The number of pyridine rings is 3. The fourth-order valence-corrected chi connectivity index (χ4v) is 3.41. The largest absolute Gasteiger partial charge is 0.311 e. The highest BCUT2D eigenvalue weighted by atomic mass is 35.5. The van der Waals surface area contributed by atoms with Crippen molar-refractivity contribution in [2.75, 3.05) is 11.4 Å². The van der Waals surface area contributed by atoms with Gasteiger partial charge in [0.15, 0.2) is 5.82 Å². The first-order chi connectivity index (χ1) is 13.1. The minimum Gasteiger partial charge on any atom is -0.311 e. The molecule has 136 valence electrons. The first-order valence-electron chi connectivity index (χ1n) is 8.59. The van der Waals surface area contributed by atoms with Gasteiger partial charge in [-0.05, 0) is 36.6 Å². The van der Waals surface area contributed by atoms with Gasteiger partial charge < -0.3 is 4.90 Å². The van der Waals surface area contributed by atoms with E-state index in [0.29, 0.717) is 35.8 Å². The highest BCUT2D eigenvalue weighted by molar-refractivity contribution is 6.29. The predicted molar refractivity (Wildman–Crippen MR) is 101 cm³/mol. The molecule has 1 fully saturated rings. The molecular weight excluding hydrogens is 367 g/mol. The van der Waals surface area contributed by atoms with Gasteiger partial charge in [-0.2, -0.15) is 0 Å². The normalized spacial score (nSPS) is 16.7. The molecule has 0 saturated carbocycles. The van der Waals surface area contributed by atoms with Crippen LogP contribution in [0.15, 0.2) is 55.1 Å². The van der Waals surface area contributed by atoms with E-state index in [4.69, 9.17) is 11.6 Å². The first kappa shape index (κ1) is 17.5. The Kier molecular flexibility index (Phi) is 4.81. The number of anilines is 1. The van der Waals surface area contributed by atoms with Crippen molar-refractivity contribution in [2.24, 2.45) is 5.92 Å². The Balaban J connectivity index is 1.51. The lowest BCUT2D eigenvalue weighted by atomic mass is 9.99. The van der Waals surface area contributed by atoms with Crippen molar-refractivity contribution < 1.29 is 9.18 Å². The smallest absolute Gasteiger partial charge is 0.230 e. The van der Waals surface area contributed by atoms with Crippen LogP contribution in [0.2, 0.25) is 5.15 Å². The van der Waals surface area contributed by atoms with Crippen molar-refractivity contribution in [3.8, 4) is 11.3 Å². The summed E-state index contributed by atoms with van der Waals surface area (Å²) in [5, 5.41) is 0.425. The first-order valence-corrected chi connectivity index (χ1v) is 8.97. The van der Waals surface area contributed by atoms with Gasteiger partial charge >= 0.3 is 0 Å². The van der Waals surface area contributed by atoms with Crippen molar-refractivity contribution in [2.45, 2.75) is 12.8 Å². The molecular formula is C20H16ClFN4O. The summed E-state index contributed by atoms with van der Waals surface area (Å²) >= 11 is 5.80. The molecule has 1 saturated heterocycles. The van der Waals surface area contributed by atoms with Gasteiger partial charge in [0.05, 0.1) is 11.9 Å². The van der Waals surface area contributed by atoms with Crippen LogP contribution in [0.4, 0.5) is 10.1 Å². The molecule has 1 unspecified atom stereocenters. The van der Waals surface area contributed by atoms with Gasteiger partial charge in [-0.3, -0.25) is 14.8 Å². The van der Waals surface area contributed by atoms with Crippen LogP contribution in [0.1, 0.15) is 12.0 Å². The van der Waals surface area contributed by atoms with Crippen molar-refractivity contribution in [3.63, 3.8) is 0 Å². The summed E-state index contributed by atoms with van der Waals surface area (Å²) < 4.78 is 14.6. The summed E-state index contributed by atoms with van der Waals surface area (Å²) in [6.45, 7) is 0.542. The van der Waals surface area contributed by atoms with Crippen molar-refractivity contribution in [3.05, 3.63) is 71.7 Å². The zero-order valence-electron chi connectivity index (χ0n) is 14.3. The monoisotopic (exact) mass is 382 g/mol. The number of rotatable bonds is 4. The van der Waals surface area contributed by atoms with Gasteiger partial charge in [0, 0.05) is 42.7 Å². The quantitative estimate of drug-likeness (QED) is 0.641. The SMILES string of the molecule is O=C1C(Cc2ccc(Cl)nc2)CCN1c1cnc(-c2ccncc2)c(F)c1. The Hall–Kier alpha value is -2.86. The van der Waals surface area contributed by atoms with Crippen LogP contribution >= 0.6 is 11.6 Å². The predicted octanol–water partition coefficient (Wildman–Crippen LogP) is 3.93. The third kappa shape index (κ3) is 3.66. The van der Waals surface area contributed by atoms with Gasteiger partial charge in [0.25, 0.3) is 0 Å². The standard InChI is InChI=1S/C20H16ClFN4O/c21-18-2-1-13(11-24-18)9-15-5-8-26(20(15)27)16-10-17(22)19(25-12-16)14-3-6-23-7-4-14/h1-4,6-7,10-12,15H,5,8-9H2.